The molecule has 0 bridgehead atoms. The second kappa shape index (κ2) is 4.37. The zero-order valence-corrected chi connectivity index (χ0v) is 9.61. The molecule has 0 nitrogen and oxygen atoms in total. The van der Waals surface area contributed by atoms with Gasteiger partial charge in [-0.15, -0.1) is 0 Å². The SMILES string of the molecule is C=Cc1cc(C(F)(F)F)ccc1-c1ccsc1. The lowest BCUT2D eigenvalue weighted by Gasteiger charge is -2.10. The van der Waals surface area contributed by atoms with Crippen LogP contribution in [-0.2, 0) is 6.18 Å². The van der Waals surface area contributed by atoms with Crippen molar-refractivity contribution in [3.05, 3.63) is 52.7 Å². The summed E-state index contributed by atoms with van der Waals surface area (Å²) in [6.07, 6.45) is -2.87. The second-order valence-corrected chi connectivity index (χ2v) is 4.30. The molecule has 1 heterocycles. The first-order valence-electron chi connectivity index (χ1n) is 4.88. The molecule has 17 heavy (non-hydrogen) atoms. The Kier molecular flexibility index (Phi) is 3.07. The number of hydrogen-bond acceptors (Lipinski definition) is 1. The van der Waals surface area contributed by atoms with Gasteiger partial charge in [-0.3, -0.25) is 0 Å². The number of benzene rings is 1. The maximum absolute atomic E-state index is 12.5. The summed E-state index contributed by atoms with van der Waals surface area (Å²) in [5.74, 6) is 0. The lowest BCUT2D eigenvalue weighted by Crippen LogP contribution is -2.05. The van der Waals surface area contributed by atoms with E-state index in [4.69, 9.17) is 0 Å². The second-order valence-electron chi connectivity index (χ2n) is 3.52. The van der Waals surface area contributed by atoms with Crippen molar-refractivity contribution >= 4 is 17.4 Å². The van der Waals surface area contributed by atoms with Crippen LogP contribution in [0.3, 0.4) is 0 Å². The molecule has 0 atom stereocenters. The first kappa shape index (κ1) is 11.9. The number of halogens is 3. The Morgan fingerprint density at radius 2 is 1.94 bits per heavy atom. The minimum atomic E-state index is -4.31. The van der Waals surface area contributed by atoms with E-state index in [0.29, 0.717) is 5.56 Å². The highest BCUT2D eigenvalue weighted by atomic mass is 32.1. The molecule has 0 spiro atoms. The molecule has 1 aromatic carbocycles. The molecule has 0 unspecified atom stereocenters. The molecule has 0 fully saturated rings. The van der Waals surface area contributed by atoms with Gasteiger partial charge in [0.25, 0.3) is 0 Å². The monoisotopic (exact) mass is 254 g/mol. The van der Waals surface area contributed by atoms with Gasteiger partial charge >= 0.3 is 6.18 Å². The molecule has 0 saturated carbocycles. The zero-order valence-electron chi connectivity index (χ0n) is 8.79. The molecule has 2 rings (SSSR count). The largest absolute Gasteiger partial charge is 0.416 e. The van der Waals surface area contributed by atoms with E-state index < -0.39 is 11.7 Å². The molecular formula is C13H9F3S. The molecule has 0 aliphatic heterocycles. The topological polar surface area (TPSA) is 0 Å². The van der Waals surface area contributed by atoms with Crippen LogP contribution in [0.25, 0.3) is 17.2 Å². The van der Waals surface area contributed by atoms with Gasteiger partial charge in [0, 0.05) is 0 Å². The maximum Gasteiger partial charge on any atom is 0.416 e. The molecule has 4 heteroatoms. The predicted octanol–water partition coefficient (Wildman–Crippen LogP) is 5.08. The highest BCUT2D eigenvalue weighted by Gasteiger charge is 2.30. The summed E-state index contributed by atoms with van der Waals surface area (Å²) in [7, 11) is 0. The summed E-state index contributed by atoms with van der Waals surface area (Å²) in [6, 6.07) is 5.59. The summed E-state index contributed by atoms with van der Waals surface area (Å²) in [5, 5.41) is 3.79. The summed E-state index contributed by atoms with van der Waals surface area (Å²) in [5.41, 5.74) is 1.54. The minimum Gasteiger partial charge on any atom is -0.166 e. The van der Waals surface area contributed by atoms with Gasteiger partial charge in [0.1, 0.15) is 0 Å². The van der Waals surface area contributed by atoms with Crippen molar-refractivity contribution in [1.82, 2.24) is 0 Å². The Morgan fingerprint density at radius 1 is 1.18 bits per heavy atom. The number of rotatable bonds is 2. The Balaban J connectivity index is 2.54. The van der Waals surface area contributed by atoms with Crippen LogP contribution in [0.4, 0.5) is 13.2 Å². The van der Waals surface area contributed by atoms with Crippen LogP contribution < -0.4 is 0 Å². The molecule has 0 aliphatic carbocycles. The first-order chi connectivity index (χ1) is 8.02. The normalized spacial score (nSPS) is 11.5. The van der Waals surface area contributed by atoms with E-state index in [9.17, 15) is 13.2 Å². The van der Waals surface area contributed by atoms with E-state index in [2.05, 4.69) is 6.58 Å². The van der Waals surface area contributed by atoms with Crippen LogP contribution in [0.2, 0.25) is 0 Å². The average molecular weight is 254 g/mol. The number of hydrogen-bond donors (Lipinski definition) is 0. The van der Waals surface area contributed by atoms with Gasteiger partial charge in [0.05, 0.1) is 5.56 Å². The van der Waals surface area contributed by atoms with Crippen molar-refractivity contribution in [3.63, 3.8) is 0 Å². The van der Waals surface area contributed by atoms with Gasteiger partial charge < -0.3 is 0 Å². The van der Waals surface area contributed by atoms with E-state index in [-0.39, 0.29) is 0 Å². The maximum atomic E-state index is 12.5. The van der Waals surface area contributed by atoms with Gasteiger partial charge in [-0.25, -0.2) is 0 Å². The van der Waals surface area contributed by atoms with Crippen molar-refractivity contribution in [2.45, 2.75) is 6.18 Å². The van der Waals surface area contributed by atoms with Crippen molar-refractivity contribution in [2.24, 2.45) is 0 Å². The van der Waals surface area contributed by atoms with Gasteiger partial charge in [-0.2, -0.15) is 24.5 Å². The fourth-order valence-corrected chi connectivity index (χ4v) is 2.24. The molecule has 0 amide bonds. The van der Waals surface area contributed by atoms with Crippen LogP contribution in [0.1, 0.15) is 11.1 Å². The number of alkyl halides is 3. The third-order valence-corrected chi connectivity index (χ3v) is 3.11. The van der Waals surface area contributed by atoms with Crippen molar-refractivity contribution in [1.29, 1.82) is 0 Å². The molecule has 88 valence electrons. The van der Waals surface area contributed by atoms with Crippen molar-refractivity contribution in [2.75, 3.05) is 0 Å². The Hall–Kier alpha value is -1.55. The van der Waals surface area contributed by atoms with Gasteiger partial charge in [0.2, 0.25) is 0 Å². The van der Waals surface area contributed by atoms with E-state index in [1.165, 1.54) is 23.5 Å². The molecule has 0 N–H and O–H groups in total. The highest BCUT2D eigenvalue weighted by Crippen LogP contribution is 2.34. The van der Waals surface area contributed by atoms with E-state index in [0.717, 1.165) is 23.3 Å². The molecule has 1 aromatic heterocycles. The predicted molar refractivity (Wildman–Crippen MR) is 64.8 cm³/mol. The standard InChI is InChI=1S/C13H9F3S/c1-2-9-7-11(13(14,15)16)3-4-12(9)10-5-6-17-8-10/h2-8H,1H2. The van der Waals surface area contributed by atoms with Crippen LogP contribution in [0, 0.1) is 0 Å². The van der Waals surface area contributed by atoms with Gasteiger partial charge in [-0.05, 0) is 45.6 Å². The lowest BCUT2D eigenvalue weighted by atomic mass is 9.99. The Bertz CT molecular complexity index is 524. The van der Waals surface area contributed by atoms with E-state index in [1.807, 2.05) is 16.8 Å². The Labute approximate surface area is 101 Å². The van der Waals surface area contributed by atoms with Gasteiger partial charge in [0.15, 0.2) is 0 Å². The molecular weight excluding hydrogens is 245 g/mol. The molecule has 0 radical (unpaired) electrons. The van der Waals surface area contributed by atoms with E-state index in [1.54, 1.807) is 0 Å². The molecule has 0 aliphatic rings. The van der Waals surface area contributed by atoms with Crippen LogP contribution >= 0.6 is 11.3 Å². The smallest absolute Gasteiger partial charge is 0.166 e. The van der Waals surface area contributed by atoms with Crippen LogP contribution in [0.15, 0.2) is 41.6 Å². The fourth-order valence-electron chi connectivity index (χ4n) is 1.59. The van der Waals surface area contributed by atoms with Crippen molar-refractivity contribution < 1.29 is 13.2 Å². The van der Waals surface area contributed by atoms with Crippen LogP contribution in [0.5, 0.6) is 0 Å². The zero-order chi connectivity index (χ0) is 12.5. The summed E-state index contributed by atoms with van der Waals surface area (Å²) in [6.45, 7) is 3.56. The van der Waals surface area contributed by atoms with Crippen molar-refractivity contribution in [3.8, 4) is 11.1 Å². The third-order valence-electron chi connectivity index (χ3n) is 2.43. The number of thiophene rings is 1. The summed E-state index contributed by atoms with van der Waals surface area (Å²) >= 11 is 1.51. The molecule has 2 aromatic rings. The summed E-state index contributed by atoms with van der Waals surface area (Å²) in [4.78, 5) is 0. The third kappa shape index (κ3) is 2.42. The first-order valence-corrected chi connectivity index (χ1v) is 5.83. The van der Waals surface area contributed by atoms with E-state index >= 15 is 0 Å². The van der Waals surface area contributed by atoms with Crippen LogP contribution in [-0.4, -0.2) is 0 Å². The fraction of sp³-hybridized carbons (Fsp3) is 0.0769. The minimum absolute atomic E-state index is 0.498. The highest BCUT2D eigenvalue weighted by molar-refractivity contribution is 7.08. The van der Waals surface area contributed by atoms with Gasteiger partial charge in [-0.1, -0.05) is 18.7 Å². The quantitative estimate of drug-likeness (QED) is 0.701. The average Bonchev–Trinajstić information content (AvgIpc) is 2.80. The Morgan fingerprint density at radius 3 is 2.47 bits per heavy atom. The lowest BCUT2D eigenvalue weighted by molar-refractivity contribution is -0.137. The summed E-state index contributed by atoms with van der Waals surface area (Å²) < 4.78 is 37.6. The molecule has 0 saturated heterocycles.